The van der Waals surface area contributed by atoms with E-state index in [0.717, 1.165) is 5.57 Å². The third-order valence-corrected chi connectivity index (χ3v) is 1.80. The first-order chi connectivity index (χ1) is 6.11. The average molecular weight is 183 g/mol. The Morgan fingerprint density at radius 3 is 2.31 bits per heavy atom. The van der Waals surface area contributed by atoms with Gasteiger partial charge < -0.3 is 4.90 Å². The van der Waals surface area contributed by atoms with E-state index in [1.54, 1.807) is 13.2 Å². The van der Waals surface area contributed by atoms with Gasteiger partial charge in [-0.3, -0.25) is 9.59 Å². The van der Waals surface area contributed by atoms with Crippen LogP contribution in [0.25, 0.3) is 0 Å². The number of Topliss-reactive ketones (excluding diaryl/α,β-unsaturated/α-hetero) is 1. The van der Waals surface area contributed by atoms with E-state index in [0.29, 0.717) is 12.8 Å². The Morgan fingerprint density at radius 2 is 1.92 bits per heavy atom. The molecule has 0 saturated heterocycles. The highest BCUT2D eigenvalue weighted by atomic mass is 16.2. The fourth-order valence-corrected chi connectivity index (χ4v) is 1.06. The van der Waals surface area contributed by atoms with Gasteiger partial charge in [-0.05, 0) is 13.3 Å². The molecule has 1 aliphatic rings. The Balaban J connectivity index is 0.000000671. The summed E-state index contributed by atoms with van der Waals surface area (Å²) in [6.45, 7) is 5.52. The van der Waals surface area contributed by atoms with Crippen LogP contribution in [0.3, 0.4) is 0 Å². The highest BCUT2D eigenvalue weighted by Crippen LogP contribution is 2.14. The lowest BCUT2D eigenvalue weighted by Crippen LogP contribution is -2.26. The van der Waals surface area contributed by atoms with Crippen LogP contribution in [0, 0.1) is 0 Å². The molecule has 0 unspecified atom stereocenters. The second-order valence-corrected chi connectivity index (χ2v) is 2.72. The summed E-state index contributed by atoms with van der Waals surface area (Å²) in [5.41, 5.74) is 0.743. The van der Waals surface area contributed by atoms with E-state index in [1.165, 1.54) is 11.8 Å². The number of allylic oxidation sites excluding steroid dienone is 1. The highest BCUT2D eigenvalue weighted by molar-refractivity contribution is 5.95. The van der Waals surface area contributed by atoms with Crippen molar-refractivity contribution >= 4 is 11.7 Å². The average Bonchev–Trinajstić information content (AvgIpc) is 2.13. The molecule has 0 aromatic carbocycles. The van der Waals surface area contributed by atoms with Gasteiger partial charge in [0.2, 0.25) is 5.91 Å². The van der Waals surface area contributed by atoms with Crippen LogP contribution in [-0.2, 0) is 9.59 Å². The maximum Gasteiger partial charge on any atom is 0.226 e. The zero-order valence-electron chi connectivity index (χ0n) is 8.76. The lowest BCUT2D eigenvalue weighted by molar-refractivity contribution is -0.128. The number of carbonyl (C=O) groups is 2. The maximum absolute atomic E-state index is 10.9. The Morgan fingerprint density at radius 1 is 1.38 bits per heavy atom. The van der Waals surface area contributed by atoms with Gasteiger partial charge >= 0.3 is 0 Å². The molecule has 3 heteroatoms. The molecule has 0 radical (unpaired) electrons. The number of hydrogen-bond donors (Lipinski definition) is 0. The monoisotopic (exact) mass is 183 g/mol. The van der Waals surface area contributed by atoms with E-state index in [9.17, 15) is 9.59 Å². The Hall–Kier alpha value is -1.12. The summed E-state index contributed by atoms with van der Waals surface area (Å²) in [6.07, 6.45) is 2.68. The highest BCUT2D eigenvalue weighted by Gasteiger charge is 2.16. The molecule has 0 aromatic heterocycles. The predicted octanol–water partition coefficient (Wildman–Crippen LogP) is 1.74. The molecule has 0 fully saturated rings. The van der Waals surface area contributed by atoms with Gasteiger partial charge in [0, 0.05) is 25.2 Å². The summed E-state index contributed by atoms with van der Waals surface area (Å²) in [5, 5.41) is 0. The summed E-state index contributed by atoms with van der Waals surface area (Å²) in [4.78, 5) is 23.2. The molecule has 13 heavy (non-hydrogen) atoms. The Labute approximate surface area is 79.4 Å². The van der Waals surface area contributed by atoms with Crippen molar-refractivity contribution in [1.29, 1.82) is 0 Å². The Kier molecular flexibility index (Phi) is 5.04. The largest absolute Gasteiger partial charge is 0.322 e. The van der Waals surface area contributed by atoms with Gasteiger partial charge in [0.15, 0.2) is 5.78 Å². The lowest BCUT2D eigenvalue weighted by Gasteiger charge is -2.19. The van der Waals surface area contributed by atoms with Gasteiger partial charge in [0.05, 0.1) is 0 Å². The third-order valence-electron chi connectivity index (χ3n) is 1.80. The number of amides is 1. The maximum atomic E-state index is 10.9. The van der Waals surface area contributed by atoms with Crippen LogP contribution in [-0.4, -0.2) is 23.6 Å². The molecular formula is C10H17NO2. The first-order valence-corrected chi connectivity index (χ1v) is 4.58. The summed E-state index contributed by atoms with van der Waals surface area (Å²) < 4.78 is 0. The van der Waals surface area contributed by atoms with Crippen molar-refractivity contribution in [1.82, 2.24) is 4.90 Å². The second kappa shape index (κ2) is 5.51. The lowest BCUT2D eigenvalue weighted by atomic mass is 10.0. The van der Waals surface area contributed by atoms with Crippen molar-refractivity contribution in [3.63, 3.8) is 0 Å². The molecule has 0 spiro atoms. The van der Waals surface area contributed by atoms with E-state index in [-0.39, 0.29) is 11.7 Å². The van der Waals surface area contributed by atoms with E-state index in [2.05, 4.69) is 0 Å². The molecule has 1 aliphatic heterocycles. The summed E-state index contributed by atoms with van der Waals surface area (Å²) in [6, 6.07) is 0. The molecule has 0 aliphatic carbocycles. The second-order valence-electron chi connectivity index (χ2n) is 2.72. The fourth-order valence-electron chi connectivity index (χ4n) is 1.06. The first-order valence-electron chi connectivity index (χ1n) is 4.58. The van der Waals surface area contributed by atoms with Gasteiger partial charge in [-0.15, -0.1) is 0 Å². The van der Waals surface area contributed by atoms with Crippen molar-refractivity contribution in [2.75, 3.05) is 7.05 Å². The van der Waals surface area contributed by atoms with Crippen LogP contribution in [0.4, 0.5) is 0 Å². The van der Waals surface area contributed by atoms with E-state index >= 15 is 0 Å². The smallest absolute Gasteiger partial charge is 0.226 e. The van der Waals surface area contributed by atoms with Crippen molar-refractivity contribution in [3.05, 3.63) is 11.8 Å². The van der Waals surface area contributed by atoms with Crippen LogP contribution in [0.5, 0.6) is 0 Å². The topological polar surface area (TPSA) is 37.4 Å². The standard InChI is InChI=1S/C8H11NO2.C2H6/c1-6(10)7-3-4-8(11)9(2)5-7;1-2/h5H,3-4H2,1-2H3;1-2H3. The molecular weight excluding hydrogens is 166 g/mol. The molecule has 0 saturated carbocycles. The number of carbonyl (C=O) groups excluding carboxylic acids is 2. The first kappa shape index (κ1) is 11.9. The normalized spacial score (nSPS) is 15.8. The van der Waals surface area contributed by atoms with Gasteiger partial charge in [0.25, 0.3) is 0 Å². The van der Waals surface area contributed by atoms with E-state index < -0.39 is 0 Å². The number of rotatable bonds is 1. The van der Waals surface area contributed by atoms with Crippen molar-refractivity contribution in [2.45, 2.75) is 33.6 Å². The zero-order valence-corrected chi connectivity index (χ0v) is 8.76. The minimum Gasteiger partial charge on any atom is -0.322 e. The summed E-state index contributed by atoms with van der Waals surface area (Å²) in [5.74, 6) is 0.138. The van der Waals surface area contributed by atoms with Crippen molar-refractivity contribution < 1.29 is 9.59 Å². The molecule has 1 rings (SSSR count). The molecule has 0 N–H and O–H groups in total. The van der Waals surface area contributed by atoms with Gasteiger partial charge in [0.1, 0.15) is 0 Å². The molecule has 3 nitrogen and oxygen atoms in total. The quantitative estimate of drug-likeness (QED) is 0.621. The van der Waals surface area contributed by atoms with Crippen LogP contribution < -0.4 is 0 Å². The number of nitrogens with zero attached hydrogens (tertiary/aromatic N) is 1. The van der Waals surface area contributed by atoms with Crippen LogP contribution in [0.2, 0.25) is 0 Å². The molecule has 1 amide bonds. The minimum atomic E-state index is 0.0596. The van der Waals surface area contributed by atoms with Crippen LogP contribution >= 0.6 is 0 Å². The predicted molar refractivity (Wildman–Crippen MR) is 52.1 cm³/mol. The zero-order chi connectivity index (χ0) is 10.4. The molecule has 1 heterocycles. The molecule has 0 aromatic rings. The SMILES string of the molecule is CC.CC(=O)C1=CN(C)C(=O)CC1. The summed E-state index contributed by atoms with van der Waals surface area (Å²) >= 11 is 0. The minimum absolute atomic E-state index is 0.0596. The Bertz CT molecular complexity index is 231. The van der Waals surface area contributed by atoms with Crippen LogP contribution in [0.1, 0.15) is 33.6 Å². The molecule has 0 bridgehead atoms. The molecule has 74 valence electrons. The summed E-state index contributed by atoms with van der Waals surface area (Å²) in [7, 11) is 1.67. The van der Waals surface area contributed by atoms with E-state index in [1.807, 2.05) is 13.8 Å². The van der Waals surface area contributed by atoms with E-state index in [4.69, 9.17) is 0 Å². The fraction of sp³-hybridized carbons (Fsp3) is 0.600. The third kappa shape index (κ3) is 3.40. The number of hydrogen-bond acceptors (Lipinski definition) is 2. The van der Waals surface area contributed by atoms with Gasteiger partial charge in [-0.2, -0.15) is 0 Å². The van der Waals surface area contributed by atoms with Crippen molar-refractivity contribution in [3.8, 4) is 0 Å². The van der Waals surface area contributed by atoms with Crippen LogP contribution in [0.15, 0.2) is 11.8 Å². The van der Waals surface area contributed by atoms with Gasteiger partial charge in [-0.1, -0.05) is 13.8 Å². The van der Waals surface area contributed by atoms with Gasteiger partial charge in [-0.25, -0.2) is 0 Å². The number of ketones is 1. The van der Waals surface area contributed by atoms with Crippen molar-refractivity contribution in [2.24, 2.45) is 0 Å². The molecule has 0 atom stereocenters.